The number of nitrogen functional groups attached to an aromatic ring is 1. The van der Waals surface area contributed by atoms with Gasteiger partial charge in [-0.15, -0.1) is 0 Å². The summed E-state index contributed by atoms with van der Waals surface area (Å²) in [6.45, 7) is 3.57. The van der Waals surface area contributed by atoms with Gasteiger partial charge in [0.05, 0.1) is 30.5 Å². The number of hydrogen-bond acceptors (Lipinski definition) is 6. The van der Waals surface area contributed by atoms with Crippen molar-refractivity contribution in [3.63, 3.8) is 0 Å². The van der Waals surface area contributed by atoms with E-state index in [4.69, 9.17) is 10.5 Å². The van der Waals surface area contributed by atoms with Crippen LogP contribution in [-0.4, -0.2) is 50.3 Å². The number of nitrogens with one attached hydrogen (secondary N) is 2. The highest BCUT2D eigenvalue weighted by atomic mass is 16.5. The summed E-state index contributed by atoms with van der Waals surface area (Å²) >= 11 is 0. The zero-order valence-corrected chi connectivity index (χ0v) is 15.3. The van der Waals surface area contributed by atoms with E-state index in [-0.39, 0.29) is 18.0 Å². The number of carbonyl (C=O) groups is 1. The molecule has 0 aromatic carbocycles. The molecule has 0 spiro atoms. The van der Waals surface area contributed by atoms with Crippen LogP contribution in [0.5, 0.6) is 0 Å². The number of rotatable bonds is 5. The van der Waals surface area contributed by atoms with Gasteiger partial charge in [-0.25, -0.2) is 4.98 Å². The van der Waals surface area contributed by atoms with Crippen molar-refractivity contribution in [2.75, 3.05) is 43.3 Å². The van der Waals surface area contributed by atoms with E-state index < -0.39 is 0 Å². The second-order valence-corrected chi connectivity index (χ2v) is 7.28. The molecule has 2 fully saturated rings. The van der Waals surface area contributed by atoms with E-state index in [2.05, 4.69) is 22.5 Å². The van der Waals surface area contributed by atoms with Gasteiger partial charge in [0, 0.05) is 20.1 Å². The average Bonchev–Trinajstić information content (AvgIpc) is 2.55. The van der Waals surface area contributed by atoms with Crippen molar-refractivity contribution in [2.24, 2.45) is 5.92 Å². The molecule has 0 unspecified atom stereocenters. The van der Waals surface area contributed by atoms with Crippen molar-refractivity contribution >= 4 is 23.2 Å². The van der Waals surface area contributed by atoms with Crippen molar-refractivity contribution in [3.8, 4) is 0 Å². The van der Waals surface area contributed by atoms with Gasteiger partial charge >= 0.3 is 0 Å². The number of carbonyl (C=O) groups excluding carboxylic acids is 1. The molecule has 1 aromatic heterocycles. The number of nitrogens with two attached hydrogens (primary N) is 1. The minimum Gasteiger partial charge on any atom is -0.396 e. The molecule has 1 aliphatic carbocycles. The van der Waals surface area contributed by atoms with Crippen LogP contribution in [0.2, 0.25) is 0 Å². The predicted octanol–water partition coefficient (Wildman–Crippen LogP) is 1.85. The zero-order valence-electron chi connectivity index (χ0n) is 15.3. The molecule has 7 heteroatoms. The number of likely N-dealkylation sites (N-methyl/N-ethyl adjacent to an activating group) is 1. The molecule has 0 atom stereocenters. The van der Waals surface area contributed by atoms with Gasteiger partial charge in [-0.05, 0) is 37.7 Å². The average molecular weight is 347 g/mol. The number of ether oxygens (including phenoxy) is 1. The minimum absolute atomic E-state index is 0.0940. The summed E-state index contributed by atoms with van der Waals surface area (Å²) in [6.07, 6.45) is 4.39. The first-order valence-electron chi connectivity index (χ1n) is 9.09. The Labute approximate surface area is 149 Å². The third-order valence-corrected chi connectivity index (χ3v) is 5.37. The second kappa shape index (κ2) is 7.47. The van der Waals surface area contributed by atoms with Crippen LogP contribution in [0.15, 0.2) is 6.07 Å². The summed E-state index contributed by atoms with van der Waals surface area (Å²) in [5.74, 6) is 1.89. The molecule has 2 heterocycles. The summed E-state index contributed by atoms with van der Waals surface area (Å²) in [5.41, 5.74) is 7.08. The van der Waals surface area contributed by atoms with Gasteiger partial charge in [0.1, 0.15) is 5.82 Å². The maximum Gasteiger partial charge on any atom is 0.255 e. The van der Waals surface area contributed by atoms with Gasteiger partial charge in [-0.2, -0.15) is 0 Å². The molecule has 138 valence electrons. The van der Waals surface area contributed by atoms with E-state index in [0.29, 0.717) is 36.1 Å². The van der Waals surface area contributed by atoms with E-state index in [1.807, 2.05) is 11.9 Å². The van der Waals surface area contributed by atoms with Crippen LogP contribution in [0.1, 0.15) is 43.0 Å². The highest BCUT2D eigenvalue weighted by Gasteiger charge is 2.29. The molecule has 0 bridgehead atoms. The summed E-state index contributed by atoms with van der Waals surface area (Å²) in [6, 6.07) is 2.20. The Balaban J connectivity index is 1.82. The van der Waals surface area contributed by atoms with Crippen molar-refractivity contribution in [2.45, 2.75) is 44.7 Å². The van der Waals surface area contributed by atoms with E-state index in [1.165, 1.54) is 0 Å². The van der Waals surface area contributed by atoms with Gasteiger partial charge in [0.25, 0.3) is 5.91 Å². The van der Waals surface area contributed by atoms with Crippen LogP contribution in [-0.2, 0) is 4.74 Å². The number of anilines is 3. The molecule has 1 aliphatic heterocycles. The number of hydrogen-bond donors (Lipinski definition) is 3. The topological polar surface area (TPSA) is 92.5 Å². The first kappa shape index (κ1) is 17.8. The first-order valence-corrected chi connectivity index (χ1v) is 9.09. The van der Waals surface area contributed by atoms with E-state index in [1.54, 1.807) is 13.1 Å². The summed E-state index contributed by atoms with van der Waals surface area (Å²) in [4.78, 5) is 19.5. The Bertz CT molecular complexity index is 624. The van der Waals surface area contributed by atoms with Crippen LogP contribution in [0.3, 0.4) is 0 Å². The lowest BCUT2D eigenvalue weighted by atomic mass is 9.87. The van der Waals surface area contributed by atoms with Crippen molar-refractivity contribution in [1.29, 1.82) is 0 Å². The van der Waals surface area contributed by atoms with Crippen LogP contribution in [0.4, 0.5) is 17.3 Å². The zero-order chi connectivity index (χ0) is 18.0. The van der Waals surface area contributed by atoms with Crippen molar-refractivity contribution in [1.82, 2.24) is 10.3 Å². The lowest BCUT2D eigenvalue weighted by Crippen LogP contribution is -2.48. The fourth-order valence-corrected chi connectivity index (χ4v) is 3.44. The van der Waals surface area contributed by atoms with E-state index in [9.17, 15) is 4.79 Å². The molecular weight excluding hydrogens is 318 g/mol. The smallest absolute Gasteiger partial charge is 0.255 e. The lowest BCUT2D eigenvalue weighted by molar-refractivity contribution is 0.00983. The maximum atomic E-state index is 12.9. The Morgan fingerprint density at radius 2 is 2.00 bits per heavy atom. The maximum absolute atomic E-state index is 12.9. The van der Waals surface area contributed by atoms with Crippen LogP contribution >= 0.6 is 0 Å². The van der Waals surface area contributed by atoms with Gasteiger partial charge in [-0.3, -0.25) is 4.79 Å². The van der Waals surface area contributed by atoms with Crippen LogP contribution in [0, 0.1) is 5.92 Å². The standard InChI is InChI=1S/C18H29N5O2/c1-11-4-6-12(7-5-11)21-18(24)14-8-15(19)16(20-2)22-17(14)23(3)13-9-25-10-13/h8,11-13H,4-7,9-10,19H2,1-3H3,(H,20,22)(H,21,24)/t11-,12-. The number of amides is 1. The molecule has 1 saturated carbocycles. The van der Waals surface area contributed by atoms with Gasteiger partial charge in [0.15, 0.2) is 5.82 Å². The van der Waals surface area contributed by atoms with Gasteiger partial charge in [0.2, 0.25) is 0 Å². The largest absolute Gasteiger partial charge is 0.396 e. The third kappa shape index (κ3) is 3.81. The first-order chi connectivity index (χ1) is 12.0. The molecule has 7 nitrogen and oxygen atoms in total. The monoisotopic (exact) mass is 347 g/mol. The van der Waals surface area contributed by atoms with Gasteiger partial charge < -0.3 is 26.0 Å². The molecule has 0 radical (unpaired) electrons. The molecule has 2 aliphatic rings. The molecule has 4 N–H and O–H groups in total. The highest BCUT2D eigenvalue weighted by Crippen LogP contribution is 2.29. The molecular formula is C18H29N5O2. The molecule has 1 amide bonds. The predicted molar refractivity (Wildman–Crippen MR) is 100 cm³/mol. The van der Waals surface area contributed by atoms with Crippen molar-refractivity contribution in [3.05, 3.63) is 11.6 Å². The molecule has 25 heavy (non-hydrogen) atoms. The highest BCUT2D eigenvalue weighted by molar-refractivity contribution is 6.00. The van der Waals surface area contributed by atoms with Crippen LogP contribution < -0.4 is 21.3 Å². The Morgan fingerprint density at radius 1 is 1.32 bits per heavy atom. The van der Waals surface area contributed by atoms with E-state index in [0.717, 1.165) is 31.6 Å². The number of nitrogens with zero attached hydrogens (tertiary/aromatic N) is 2. The van der Waals surface area contributed by atoms with Crippen LogP contribution in [0.25, 0.3) is 0 Å². The fourth-order valence-electron chi connectivity index (χ4n) is 3.44. The van der Waals surface area contributed by atoms with Gasteiger partial charge in [-0.1, -0.05) is 6.92 Å². The van der Waals surface area contributed by atoms with Crippen molar-refractivity contribution < 1.29 is 9.53 Å². The normalized spacial score (nSPS) is 23.6. The number of pyridine rings is 1. The molecule has 3 rings (SSSR count). The molecule has 1 saturated heterocycles. The second-order valence-electron chi connectivity index (χ2n) is 7.28. The molecule has 1 aromatic rings. The summed E-state index contributed by atoms with van der Waals surface area (Å²) in [5, 5.41) is 6.17. The minimum atomic E-state index is -0.0940. The number of aromatic nitrogens is 1. The summed E-state index contributed by atoms with van der Waals surface area (Å²) in [7, 11) is 3.72. The SMILES string of the molecule is CNc1nc(N(C)C2COC2)c(C(=O)N[C@H]2CC[C@H](C)CC2)cc1N. The quantitative estimate of drug-likeness (QED) is 0.753. The van der Waals surface area contributed by atoms with E-state index >= 15 is 0 Å². The fraction of sp³-hybridized carbons (Fsp3) is 0.667. The Morgan fingerprint density at radius 3 is 2.56 bits per heavy atom. The lowest BCUT2D eigenvalue weighted by Gasteiger charge is -2.36. The Hall–Kier alpha value is -2.02. The Kier molecular flexibility index (Phi) is 5.32. The summed E-state index contributed by atoms with van der Waals surface area (Å²) < 4.78 is 5.28. The third-order valence-electron chi connectivity index (χ3n) is 5.37.